The topological polar surface area (TPSA) is 87.3 Å². The van der Waals surface area contributed by atoms with Gasteiger partial charge in [0.05, 0.1) is 11.3 Å². The van der Waals surface area contributed by atoms with Crippen LogP contribution in [0.2, 0.25) is 0 Å². The average Bonchev–Trinajstić information content (AvgIpc) is 2.60. The van der Waals surface area contributed by atoms with E-state index >= 15 is 0 Å². The summed E-state index contributed by atoms with van der Waals surface area (Å²) in [4.78, 5) is 35.5. The summed E-state index contributed by atoms with van der Waals surface area (Å²) >= 11 is 0. The molecule has 0 aliphatic rings. The van der Waals surface area contributed by atoms with Gasteiger partial charge in [0.1, 0.15) is 0 Å². The van der Waals surface area contributed by atoms with Crippen molar-refractivity contribution in [2.24, 2.45) is 0 Å². The monoisotopic (exact) mass is 311 g/mol. The molecule has 0 atom stereocenters. The molecule has 2 rings (SSSR count). The summed E-state index contributed by atoms with van der Waals surface area (Å²) in [5.41, 5.74) is 5.72. The third-order valence-corrected chi connectivity index (χ3v) is 3.09. The smallest absolute Gasteiger partial charge is 0.271 e. The van der Waals surface area contributed by atoms with E-state index in [2.05, 4.69) is 16.2 Å². The first-order chi connectivity index (χ1) is 11.1. The van der Waals surface area contributed by atoms with Gasteiger partial charge in [0.25, 0.3) is 11.8 Å². The van der Waals surface area contributed by atoms with Crippen LogP contribution in [-0.4, -0.2) is 17.7 Å². The third kappa shape index (κ3) is 4.41. The van der Waals surface area contributed by atoms with Crippen molar-refractivity contribution in [1.29, 1.82) is 0 Å². The SMILES string of the molecule is CCC(=O)NNC(=O)c1ccccc1NC(=O)c1ccccc1. The van der Waals surface area contributed by atoms with Crippen LogP contribution in [0.5, 0.6) is 0 Å². The van der Waals surface area contributed by atoms with E-state index in [1.54, 1.807) is 55.5 Å². The van der Waals surface area contributed by atoms with Gasteiger partial charge < -0.3 is 5.32 Å². The zero-order valence-electron chi connectivity index (χ0n) is 12.6. The molecule has 2 aromatic rings. The molecule has 0 radical (unpaired) electrons. The minimum atomic E-state index is -0.504. The first-order valence-corrected chi connectivity index (χ1v) is 7.16. The Labute approximate surface area is 133 Å². The van der Waals surface area contributed by atoms with E-state index in [9.17, 15) is 14.4 Å². The van der Waals surface area contributed by atoms with Gasteiger partial charge in [0.15, 0.2) is 0 Å². The van der Waals surface area contributed by atoms with Crippen molar-refractivity contribution in [3.8, 4) is 0 Å². The number of hydrogen-bond acceptors (Lipinski definition) is 3. The zero-order valence-corrected chi connectivity index (χ0v) is 12.6. The number of nitrogens with one attached hydrogen (secondary N) is 3. The lowest BCUT2D eigenvalue weighted by atomic mass is 10.1. The summed E-state index contributed by atoms with van der Waals surface area (Å²) in [7, 11) is 0. The van der Waals surface area contributed by atoms with Crippen LogP contribution in [0.25, 0.3) is 0 Å². The summed E-state index contributed by atoms with van der Waals surface area (Å²) < 4.78 is 0. The molecule has 0 bridgehead atoms. The Morgan fingerprint density at radius 1 is 0.826 bits per heavy atom. The quantitative estimate of drug-likeness (QED) is 0.756. The van der Waals surface area contributed by atoms with Crippen LogP contribution in [0, 0.1) is 0 Å². The Bertz CT molecular complexity index is 714. The van der Waals surface area contributed by atoms with E-state index in [0.717, 1.165) is 0 Å². The number of carbonyl (C=O) groups excluding carboxylic acids is 3. The molecule has 0 unspecified atom stereocenters. The van der Waals surface area contributed by atoms with Gasteiger partial charge in [0, 0.05) is 12.0 Å². The van der Waals surface area contributed by atoms with Crippen molar-refractivity contribution in [2.75, 3.05) is 5.32 Å². The predicted molar refractivity (Wildman–Crippen MR) is 86.7 cm³/mol. The van der Waals surface area contributed by atoms with Crippen LogP contribution in [0.1, 0.15) is 34.1 Å². The van der Waals surface area contributed by atoms with E-state index in [1.165, 1.54) is 0 Å². The molecule has 23 heavy (non-hydrogen) atoms. The second-order valence-corrected chi connectivity index (χ2v) is 4.72. The lowest BCUT2D eigenvalue weighted by molar-refractivity contribution is -0.121. The summed E-state index contributed by atoms with van der Waals surface area (Å²) in [6.07, 6.45) is 0.257. The maximum atomic E-state index is 12.2. The van der Waals surface area contributed by atoms with E-state index in [-0.39, 0.29) is 23.8 Å². The number of hydrogen-bond donors (Lipinski definition) is 3. The van der Waals surface area contributed by atoms with Gasteiger partial charge in [-0.05, 0) is 24.3 Å². The fourth-order valence-electron chi connectivity index (χ4n) is 1.86. The second kappa shape index (κ2) is 7.74. The Balaban J connectivity index is 2.13. The molecule has 0 aromatic heterocycles. The van der Waals surface area contributed by atoms with Crippen LogP contribution in [-0.2, 0) is 4.79 Å². The van der Waals surface area contributed by atoms with Crippen LogP contribution < -0.4 is 16.2 Å². The highest BCUT2D eigenvalue weighted by Crippen LogP contribution is 2.16. The first kappa shape index (κ1) is 16.2. The molecular weight excluding hydrogens is 294 g/mol. The number of benzene rings is 2. The van der Waals surface area contributed by atoms with Gasteiger partial charge in [0.2, 0.25) is 5.91 Å². The third-order valence-electron chi connectivity index (χ3n) is 3.09. The molecule has 0 spiro atoms. The number of anilines is 1. The van der Waals surface area contributed by atoms with Gasteiger partial charge in [-0.3, -0.25) is 25.2 Å². The molecule has 0 aliphatic carbocycles. The van der Waals surface area contributed by atoms with Crippen molar-refractivity contribution >= 4 is 23.4 Å². The van der Waals surface area contributed by atoms with Crippen molar-refractivity contribution in [2.45, 2.75) is 13.3 Å². The van der Waals surface area contributed by atoms with Gasteiger partial charge in [-0.1, -0.05) is 37.3 Å². The van der Waals surface area contributed by atoms with Crippen LogP contribution in [0.15, 0.2) is 54.6 Å². The van der Waals surface area contributed by atoms with Crippen molar-refractivity contribution in [3.05, 3.63) is 65.7 Å². The van der Waals surface area contributed by atoms with E-state index in [4.69, 9.17) is 0 Å². The largest absolute Gasteiger partial charge is 0.321 e. The normalized spacial score (nSPS) is 9.78. The molecule has 0 saturated carbocycles. The Morgan fingerprint density at radius 3 is 2.17 bits per heavy atom. The standard InChI is InChI=1S/C17H17N3O3/c1-2-15(21)19-20-17(23)13-10-6-7-11-14(13)18-16(22)12-8-4-3-5-9-12/h3-11H,2H2,1H3,(H,18,22)(H,19,21)(H,20,23). The molecular formula is C17H17N3O3. The lowest BCUT2D eigenvalue weighted by Gasteiger charge is -2.11. The number of hydrazine groups is 1. The van der Waals surface area contributed by atoms with E-state index < -0.39 is 5.91 Å². The Kier molecular flexibility index (Phi) is 5.46. The molecule has 0 heterocycles. The number of rotatable bonds is 4. The maximum Gasteiger partial charge on any atom is 0.271 e. The highest BCUT2D eigenvalue weighted by Gasteiger charge is 2.14. The second-order valence-electron chi connectivity index (χ2n) is 4.72. The minimum Gasteiger partial charge on any atom is -0.321 e. The number of carbonyl (C=O) groups is 3. The summed E-state index contributed by atoms with van der Waals surface area (Å²) in [6.45, 7) is 1.68. The van der Waals surface area contributed by atoms with Crippen LogP contribution in [0.4, 0.5) is 5.69 Å². The van der Waals surface area contributed by atoms with Crippen molar-refractivity contribution in [3.63, 3.8) is 0 Å². The molecule has 6 heteroatoms. The molecule has 0 fully saturated rings. The molecule has 2 aromatic carbocycles. The summed E-state index contributed by atoms with van der Waals surface area (Å²) in [5, 5.41) is 2.70. The molecule has 0 saturated heterocycles. The lowest BCUT2D eigenvalue weighted by Crippen LogP contribution is -2.41. The molecule has 3 amide bonds. The summed E-state index contributed by atoms with van der Waals surface area (Å²) in [6, 6.07) is 15.3. The van der Waals surface area contributed by atoms with Gasteiger partial charge >= 0.3 is 0 Å². The van der Waals surface area contributed by atoms with Crippen LogP contribution >= 0.6 is 0 Å². The Morgan fingerprint density at radius 2 is 1.48 bits per heavy atom. The fraction of sp³-hybridized carbons (Fsp3) is 0.118. The Hall–Kier alpha value is -3.15. The van der Waals surface area contributed by atoms with Gasteiger partial charge in [-0.15, -0.1) is 0 Å². The highest BCUT2D eigenvalue weighted by atomic mass is 16.2. The van der Waals surface area contributed by atoms with Crippen molar-refractivity contribution < 1.29 is 14.4 Å². The highest BCUT2D eigenvalue weighted by molar-refractivity contribution is 6.09. The fourth-order valence-corrected chi connectivity index (χ4v) is 1.86. The predicted octanol–water partition coefficient (Wildman–Crippen LogP) is 2.11. The van der Waals surface area contributed by atoms with Crippen molar-refractivity contribution in [1.82, 2.24) is 10.9 Å². The zero-order chi connectivity index (χ0) is 16.7. The first-order valence-electron chi connectivity index (χ1n) is 7.16. The number of amides is 3. The molecule has 3 N–H and O–H groups in total. The van der Waals surface area contributed by atoms with Gasteiger partial charge in [-0.25, -0.2) is 0 Å². The van der Waals surface area contributed by atoms with Gasteiger partial charge in [-0.2, -0.15) is 0 Å². The molecule has 118 valence electrons. The summed E-state index contributed by atoms with van der Waals surface area (Å²) in [5.74, 6) is -1.12. The average molecular weight is 311 g/mol. The molecule has 0 aliphatic heterocycles. The van der Waals surface area contributed by atoms with E-state index in [1.807, 2.05) is 6.07 Å². The van der Waals surface area contributed by atoms with E-state index in [0.29, 0.717) is 11.3 Å². The van der Waals surface area contributed by atoms with Crippen LogP contribution in [0.3, 0.4) is 0 Å². The molecule has 6 nitrogen and oxygen atoms in total. The minimum absolute atomic E-state index is 0.257. The number of para-hydroxylation sites is 1. The maximum absolute atomic E-state index is 12.2.